The maximum Gasteiger partial charge on any atom is 0.573 e. The molecule has 0 aromatic heterocycles. The van der Waals surface area contributed by atoms with Crippen LogP contribution < -0.4 is 10.5 Å². The summed E-state index contributed by atoms with van der Waals surface area (Å²) in [5.74, 6) is -0.337. The lowest BCUT2D eigenvalue weighted by molar-refractivity contribution is -0.274. The Morgan fingerprint density at radius 2 is 1.80 bits per heavy atom. The summed E-state index contributed by atoms with van der Waals surface area (Å²) in [5.41, 5.74) is 5.78. The molecule has 2 N–H and O–H groups in total. The number of benzene rings is 1. The number of ether oxygens (including phenoxy) is 1. The van der Waals surface area contributed by atoms with Crippen molar-refractivity contribution >= 4 is 0 Å². The van der Waals surface area contributed by atoms with E-state index in [0.29, 0.717) is 5.56 Å². The first-order valence-electron chi connectivity index (χ1n) is 3.93. The monoisotopic (exact) mass is 216 g/mol. The second-order valence-electron chi connectivity index (χ2n) is 2.72. The predicted molar refractivity (Wildman–Crippen MR) is 45.7 cm³/mol. The van der Waals surface area contributed by atoms with Crippen LogP contribution in [-0.2, 0) is 0 Å². The molecule has 0 saturated heterocycles. The zero-order valence-electron chi connectivity index (χ0n) is 7.45. The highest BCUT2D eigenvalue weighted by Gasteiger charge is 2.30. The summed E-state index contributed by atoms with van der Waals surface area (Å²) in [6.07, 6.45) is -4.71. The van der Waals surface area contributed by atoms with Crippen LogP contribution >= 0.6 is 0 Å². The maximum absolute atomic E-state index is 11.8. The fraction of sp³-hybridized carbons (Fsp3) is 0.222. The highest BCUT2D eigenvalue weighted by molar-refractivity contribution is 5.31. The summed E-state index contributed by atoms with van der Waals surface area (Å²) in [6, 6.07) is 5.77. The average molecular weight is 216 g/mol. The molecule has 15 heavy (non-hydrogen) atoms. The lowest BCUT2D eigenvalue weighted by atomic mass is 10.1. The van der Waals surface area contributed by atoms with E-state index in [1.54, 1.807) is 6.07 Å². The van der Waals surface area contributed by atoms with E-state index < -0.39 is 12.4 Å². The SMILES string of the molecule is N#CC(N)c1ccc(OC(F)(F)F)cc1. The first-order chi connectivity index (χ1) is 6.92. The van der Waals surface area contributed by atoms with Gasteiger partial charge in [-0.3, -0.25) is 0 Å². The van der Waals surface area contributed by atoms with E-state index in [0.717, 1.165) is 12.1 Å². The Bertz CT molecular complexity index is 366. The van der Waals surface area contributed by atoms with Crippen LogP contribution in [0, 0.1) is 11.3 Å². The average Bonchev–Trinajstić information content (AvgIpc) is 2.15. The predicted octanol–water partition coefficient (Wildman–Crippen LogP) is 2.11. The molecule has 0 spiro atoms. The van der Waals surface area contributed by atoms with Gasteiger partial charge >= 0.3 is 6.36 Å². The first kappa shape index (κ1) is 11.3. The van der Waals surface area contributed by atoms with Gasteiger partial charge in [0.05, 0.1) is 6.07 Å². The summed E-state index contributed by atoms with van der Waals surface area (Å²) < 4.78 is 38.9. The van der Waals surface area contributed by atoms with E-state index in [2.05, 4.69) is 4.74 Å². The van der Waals surface area contributed by atoms with Gasteiger partial charge in [-0.25, -0.2) is 0 Å². The van der Waals surface area contributed by atoms with Crippen molar-refractivity contribution in [3.8, 4) is 11.8 Å². The van der Waals surface area contributed by atoms with Gasteiger partial charge in [-0.15, -0.1) is 13.2 Å². The van der Waals surface area contributed by atoms with Crippen LogP contribution in [0.1, 0.15) is 11.6 Å². The summed E-state index contributed by atoms with van der Waals surface area (Å²) in [6.45, 7) is 0. The summed E-state index contributed by atoms with van der Waals surface area (Å²) >= 11 is 0. The topological polar surface area (TPSA) is 59.0 Å². The van der Waals surface area contributed by atoms with Gasteiger partial charge in [-0.2, -0.15) is 5.26 Å². The van der Waals surface area contributed by atoms with Crippen LogP contribution in [0.15, 0.2) is 24.3 Å². The van der Waals surface area contributed by atoms with E-state index in [1.807, 2.05) is 0 Å². The lowest BCUT2D eigenvalue weighted by Crippen LogP contribution is -2.17. The van der Waals surface area contributed by atoms with Crippen molar-refractivity contribution in [3.63, 3.8) is 0 Å². The van der Waals surface area contributed by atoms with E-state index in [-0.39, 0.29) is 5.75 Å². The Kier molecular flexibility index (Phi) is 3.17. The zero-order chi connectivity index (χ0) is 11.5. The molecule has 0 saturated carbocycles. The minimum atomic E-state index is -4.71. The third-order valence-corrected chi connectivity index (χ3v) is 1.61. The van der Waals surface area contributed by atoms with Crippen LogP contribution in [0.2, 0.25) is 0 Å². The molecule has 1 aromatic rings. The van der Waals surface area contributed by atoms with Gasteiger partial charge in [0.2, 0.25) is 0 Å². The highest BCUT2D eigenvalue weighted by atomic mass is 19.4. The summed E-state index contributed by atoms with van der Waals surface area (Å²) in [5, 5.41) is 8.46. The van der Waals surface area contributed by atoms with Gasteiger partial charge in [0.25, 0.3) is 0 Å². The van der Waals surface area contributed by atoms with Crippen molar-refractivity contribution in [2.75, 3.05) is 0 Å². The molecule has 1 rings (SSSR count). The highest BCUT2D eigenvalue weighted by Crippen LogP contribution is 2.23. The van der Waals surface area contributed by atoms with Crippen LogP contribution in [-0.4, -0.2) is 6.36 Å². The zero-order valence-corrected chi connectivity index (χ0v) is 7.45. The maximum atomic E-state index is 11.8. The molecule has 0 aliphatic carbocycles. The fourth-order valence-corrected chi connectivity index (χ4v) is 0.951. The minimum absolute atomic E-state index is 0.337. The molecule has 0 heterocycles. The van der Waals surface area contributed by atoms with Gasteiger partial charge in [-0.05, 0) is 17.7 Å². The van der Waals surface area contributed by atoms with Crippen LogP contribution in [0.5, 0.6) is 5.75 Å². The van der Waals surface area contributed by atoms with Crippen molar-refractivity contribution in [3.05, 3.63) is 29.8 Å². The van der Waals surface area contributed by atoms with Crippen molar-refractivity contribution < 1.29 is 17.9 Å². The first-order valence-corrected chi connectivity index (χ1v) is 3.93. The third kappa shape index (κ3) is 3.48. The minimum Gasteiger partial charge on any atom is -0.406 e. The molecule has 0 bridgehead atoms. The molecule has 0 radical (unpaired) electrons. The number of hydrogen-bond acceptors (Lipinski definition) is 3. The quantitative estimate of drug-likeness (QED) is 0.823. The van der Waals surface area contributed by atoms with Gasteiger partial charge in [0.1, 0.15) is 11.8 Å². The summed E-state index contributed by atoms with van der Waals surface area (Å²) in [4.78, 5) is 0. The molecule has 0 aliphatic rings. The Morgan fingerprint density at radius 3 is 2.20 bits per heavy atom. The van der Waals surface area contributed by atoms with Gasteiger partial charge in [0.15, 0.2) is 0 Å². The number of hydrogen-bond donors (Lipinski definition) is 1. The van der Waals surface area contributed by atoms with Crippen LogP contribution in [0.4, 0.5) is 13.2 Å². The Labute approximate surface area is 83.9 Å². The number of nitriles is 1. The molecule has 0 aliphatic heterocycles. The van der Waals surface area contributed by atoms with E-state index in [1.165, 1.54) is 12.1 Å². The second-order valence-corrected chi connectivity index (χ2v) is 2.72. The van der Waals surface area contributed by atoms with Crippen LogP contribution in [0.25, 0.3) is 0 Å². The van der Waals surface area contributed by atoms with E-state index in [4.69, 9.17) is 11.0 Å². The molecule has 1 aromatic carbocycles. The standard InChI is InChI=1S/C9H7F3N2O/c10-9(11,12)15-7-3-1-6(2-4-7)8(14)5-13/h1-4,8H,14H2. The van der Waals surface area contributed by atoms with Gasteiger partial charge in [-0.1, -0.05) is 12.1 Å². The Balaban J connectivity index is 2.78. The molecular weight excluding hydrogens is 209 g/mol. The fourth-order valence-electron chi connectivity index (χ4n) is 0.951. The van der Waals surface area contributed by atoms with Crippen LogP contribution in [0.3, 0.4) is 0 Å². The Morgan fingerprint density at radius 1 is 1.27 bits per heavy atom. The molecule has 1 unspecified atom stereocenters. The van der Waals surface area contributed by atoms with Crippen molar-refractivity contribution in [2.45, 2.75) is 12.4 Å². The Hall–Kier alpha value is -1.74. The van der Waals surface area contributed by atoms with Crippen molar-refractivity contribution in [2.24, 2.45) is 5.73 Å². The smallest absolute Gasteiger partial charge is 0.406 e. The normalized spacial score (nSPS) is 13.0. The molecule has 80 valence electrons. The molecule has 3 nitrogen and oxygen atoms in total. The van der Waals surface area contributed by atoms with Gasteiger partial charge < -0.3 is 10.5 Å². The van der Waals surface area contributed by atoms with Crippen molar-refractivity contribution in [1.82, 2.24) is 0 Å². The molecular formula is C9H7F3N2O. The lowest BCUT2D eigenvalue weighted by Gasteiger charge is -2.09. The van der Waals surface area contributed by atoms with Crippen molar-refractivity contribution in [1.29, 1.82) is 5.26 Å². The summed E-state index contributed by atoms with van der Waals surface area (Å²) in [7, 11) is 0. The molecule has 0 amide bonds. The second kappa shape index (κ2) is 4.19. The number of alkyl halides is 3. The largest absolute Gasteiger partial charge is 0.573 e. The van der Waals surface area contributed by atoms with E-state index >= 15 is 0 Å². The number of rotatable bonds is 2. The molecule has 0 fully saturated rings. The molecule has 1 atom stereocenters. The van der Waals surface area contributed by atoms with E-state index in [9.17, 15) is 13.2 Å². The van der Waals surface area contributed by atoms with Gasteiger partial charge in [0, 0.05) is 0 Å². The molecule has 6 heteroatoms. The number of nitrogens with zero attached hydrogens (tertiary/aromatic N) is 1. The number of nitrogens with two attached hydrogens (primary N) is 1. The number of halogens is 3. The third-order valence-electron chi connectivity index (χ3n) is 1.61.